The van der Waals surface area contributed by atoms with Gasteiger partial charge in [-0.1, -0.05) is 12.1 Å². The fourth-order valence-corrected chi connectivity index (χ4v) is 2.83. The molecular weight excluding hydrogens is 336 g/mol. The predicted molar refractivity (Wildman–Crippen MR) is 99.7 cm³/mol. The minimum atomic E-state index is -0.232. The maximum absolute atomic E-state index is 12.3. The van der Waals surface area contributed by atoms with Gasteiger partial charge in [0.15, 0.2) is 0 Å². The minimum absolute atomic E-state index is 0.163. The van der Waals surface area contributed by atoms with Gasteiger partial charge in [-0.15, -0.1) is 11.3 Å². The maximum Gasteiger partial charge on any atom is 0.265 e. The number of benzene rings is 2. The summed E-state index contributed by atoms with van der Waals surface area (Å²) in [7, 11) is 1.57. The summed E-state index contributed by atoms with van der Waals surface area (Å²) in [5.74, 6) is 0.275. The highest BCUT2D eigenvalue weighted by molar-refractivity contribution is 7.12. The first kappa shape index (κ1) is 16.7. The first-order chi connectivity index (χ1) is 12.2. The van der Waals surface area contributed by atoms with Crippen LogP contribution < -0.4 is 15.4 Å². The molecule has 3 rings (SSSR count). The zero-order valence-electron chi connectivity index (χ0n) is 13.5. The lowest BCUT2D eigenvalue weighted by Crippen LogP contribution is -2.13. The molecule has 0 spiro atoms. The maximum atomic E-state index is 12.3. The summed E-state index contributed by atoms with van der Waals surface area (Å²) in [6.45, 7) is 0. The summed E-state index contributed by atoms with van der Waals surface area (Å²) >= 11 is 1.38. The molecule has 2 N–H and O–H groups in total. The highest BCUT2D eigenvalue weighted by atomic mass is 32.1. The van der Waals surface area contributed by atoms with Crippen molar-refractivity contribution < 1.29 is 14.3 Å². The minimum Gasteiger partial charge on any atom is -0.497 e. The van der Waals surface area contributed by atoms with Crippen molar-refractivity contribution in [2.75, 3.05) is 17.7 Å². The zero-order valence-corrected chi connectivity index (χ0v) is 14.3. The summed E-state index contributed by atoms with van der Waals surface area (Å²) in [6, 6.07) is 17.5. The van der Waals surface area contributed by atoms with Crippen LogP contribution in [0.2, 0.25) is 0 Å². The molecule has 0 aliphatic rings. The van der Waals surface area contributed by atoms with Crippen molar-refractivity contribution in [1.82, 2.24) is 0 Å². The lowest BCUT2D eigenvalue weighted by atomic mass is 10.2. The molecule has 0 aliphatic carbocycles. The quantitative estimate of drug-likeness (QED) is 0.721. The van der Waals surface area contributed by atoms with Crippen molar-refractivity contribution in [2.24, 2.45) is 0 Å². The third kappa shape index (κ3) is 4.24. The van der Waals surface area contributed by atoms with E-state index in [4.69, 9.17) is 4.74 Å². The average Bonchev–Trinajstić information content (AvgIpc) is 3.17. The Morgan fingerprint density at radius 2 is 1.64 bits per heavy atom. The van der Waals surface area contributed by atoms with Crippen LogP contribution in [0.3, 0.4) is 0 Å². The standard InChI is InChI=1S/C19H16N2O3S/c1-24-16-5-2-4-15(12-16)21-18(22)13-7-9-14(10-8-13)20-19(23)17-6-3-11-25-17/h2-12H,1H3,(H,20,23)(H,21,22). The van der Waals surface area contributed by atoms with E-state index in [0.29, 0.717) is 27.6 Å². The molecule has 126 valence electrons. The van der Waals surface area contributed by atoms with Crippen molar-refractivity contribution in [3.05, 3.63) is 76.5 Å². The van der Waals surface area contributed by atoms with Crippen LogP contribution in [0.4, 0.5) is 11.4 Å². The highest BCUT2D eigenvalue weighted by Gasteiger charge is 2.09. The fraction of sp³-hybridized carbons (Fsp3) is 0.0526. The van der Waals surface area contributed by atoms with E-state index >= 15 is 0 Å². The molecule has 1 aromatic heterocycles. The van der Waals surface area contributed by atoms with E-state index in [2.05, 4.69) is 10.6 Å². The first-order valence-corrected chi connectivity index (χ1v) is 8.44. The number of hydrogen-bond acceptors (Lipinski definition) is 4. The molecule has 0 atom stereocenters. The average molecular weight is 352 g/mol. The van der Waals surface area contributed by atoms with Crippen LogP contribution >= 0.6 is 11.3 Å². The van der Waals surface area contributed by atoms with E-state index in [0.717, 1.165) is 0 Å². The van der Waals surface area contributed by atoms with Crippen LogP contribution in [0.25, 0.3) is 0 Å². The van der Waals surface area contributed by atoms with Crippen LogP contribution in [-0.4, -0.2) is 18.9 Å². The Morgan fingerprint density at radius 1 is 0.880 bits per heavy atom. The van der Waals surface area contributed by atoms with Crippen molar-refractivity contribution in [3.63, 3.8) is 0 Å². The summed E-state index contributed by atoms with van der Waals surface area (Å²) in [5.41, 5.74) is 1.78. The van der Waals surface area contributed by atoms with Gasteiger partial charge in [0.1, 0.15) is 5.75 Å². The number of rotatable bonds is 5. The number of hydrogen-bond donors (Lipinski definition) is 2. The van der Waals surface area contributed by atoms with E-state index in [1.165, 1.54) is 11.3 Å². The Kier molecular flexibility index (Phi) is 5.11. The monoisotopic (exact) mass is 352 g/mol. The van der Waals surface area contributed by atoms with Gasteiger partial charge in [0.2, 0.25) is 0 Å². The van der Waals surface area contributed by atoms with Crippen molar-refractivity contribution in [1.29, 1.82) is 0 Å². The fourth-order valence-electron chi connectivity index (χ4n) is 2.21. The van der Waals surface area contributed by atoms with Crippen LogP contribution in [0.5, 0.6) is 5.75 Å². The second-order valence-electron chi connectivity index (χ2n) is 5.19. The van der Waals surface area contributed by atoms with Gasteiger partial charge in [0.25, 0.3) is 11.8 Å². The molecule has 6 heteroatoms. The second-order valence-corrected chi connectivity index (χ2v) is 6.14. The number of anilines is 2. The van der Waals surface area contributed by atoms with Crippen LogP contribution in [0, 0.1) is 0 Å². The third-order valence-corrected chi connectivity index (χ3v) is 4.35. The molecular formula is C19H16N2O3S. The molecule has 0 unspecified atom stereocenters. The zero-order chi connectivity index (χ0) is 17.6. The van der Waals surface area contributed by atoms with Gasteiger partial charge in [-0.2, -0.15) is 0 Å². The number of nitrogens with one attached hydrogen (secondary N) is 2. The Morgan fingerprint density at radius 3 is 2.32 bits per heavy atom. The molecule has 0 saturated heterocycles. The van der Waals surface area contributed by atoms with Gasteiger partial charge in [-0.3, -0.25) is 9.59 Å². The number of ether oxygens (including phenoxy) is 1. The van der Waals surface area contributed by atoms with E-state index < -0.39 is 0 Å². The van der Waals surface area contributed by atoms with Crippen molar-refractivity contribution in [3.8, 4) is 5.75 Å². The van der Waals surface area contributed by atoms with E-state index in [1.807, 2.05) is 11.4 Å². The number of thiophene rings is 1. The van der Waals surface area contributed by atoms with Crippen LogP contribution in [-0.2, 0) is 0 Å². The van der Waals surface area contributed by atoms with Gasteiger partial charge in [0.05, 0.1) is 12.0 Å². The van der Waals surface area contributed by atoms with E-state index in [-0.39, 0.29) is 11.8 Å². The summed E-state index contributed by atoms with van der Waals surface area (Å²) in [4.78, 5) is 24.9. The first-order valence-electron chi connectivity index (χ1n) is 7.56. The topological polar surface area (TPSA) is 67.4 Å². The van der Waals surface area contributed by atoms with Gasteiger partial charge in [0, 0.05) is 23.0 Å². The number of methoxy groups -OCH3 is 1. The van der Waals surface area contributed by atoms with Gasteiger partial charge >= 0.3 is 0 Å². The molecule has 1 heterocycles. The van der Waals surface area contributed by atoms with Crippen molar-refractivity contribution >= 4 is 34.5 Å². The van der Waals surface area contributed by atoms with E-state index in [1.54, 1.807) is 61.7 Å². The molecule has 2 aromatic carbocycles. The van der Waals surface area contributed by atoms with Crippen molar-refractivity contribution in [2.45, 2.75) is 0 Å². The largest absolute Gasteiger partial charge is 0.497 e. The molecule has 0 aliphatic heterocycles. The predicted octanol–water partition coefficient (Wildman–Crippen LogP) is 4.26. The lowest BCUT2D eigenvalue weighted by molar-refractivity contribution is 0.102. The summed E-state index contributed by atoms with van der Waals surface area (Å²) in [5, 5.41) is 7.46. The second kappa shape index (κ2) is 7.63. The number of carbonyl (C=O) groups is 2. The summed E-state index contributed by atoms with van der Waals surface area (Å²) in [6.07, 6.45) is 0. The Hall–Kier alpha value is -3.12. The van der Waals surface area contributed by atoms with Gasteiger partial charge in [-0.25, -0.2) is 0 Å². The number of amides is 2. The normalized spacial score (nSPS) is 10.1. The molecule has 25 heavy (non-hydrogen) atoms. The Bertz CT molecular complexity index is 874. The summed E-state index contributed by atoms with van der Waals surface area (Å²) < 4.78 is 5.13. The Labute approximate surface area is 149 Å². The van der Waals surface area contributed by atoms with E-state index in [9.17, 15) is 9.59 Å². The molecule has 0 fully saturated rings. The molecule has 3 aromatic rings. The van der Waals surface area contributed by atoms with Crippen LogP contribution in [0.15, 0.2) is 66.0 Å². The molecule has 5 nitrogen and oxygen atoms in total. The van der Waals surface area contributed by atoms with Gasteiger partial charge in [-0.05, 0) is 47.8 Å². The molecule has 0 saturated carbocycles. The third-order valence-electron chi connectivity index (χ3n) is 3.48. The molecule has 2 amide bonds. The lowest BCUT2D eigenvalue weighted by Gasteiger charge is -2.08. The number of carbonyl (C=O) groups excluding carboxylic acids is 2. The van der Waals surface area contributed by atoms with Gasteiger partial charge < -0.3 is 15.4 Å². The Balaban J connectivity index is 1.65. The molecule has 0 bridgehead atoms. The smallest absolute Gasteiger partial charge is 0.265 e. The highest BCUT2D eigenvalue weighted by Crippen LogP contribution is 2.18. The molecule has 0 radical (unpaired) electrons. The van der Waals surface area contributed by atoms with Crippen LogP contribution in [0.1, 0.15) is 20.0 Å². The SMILES string of the molecule is COc1cccc(NC(=O)c2ccc(NC(=O)c3cccs3)cc2)c1.